The Kier molecular flexibility index (Phi) is 7.96. The molecule has 0 fully saturated rings. The first-order valence-electron chi connectivity index (χ1n) is 9.44. The molecule has 30 heavy (non-hydrogen) atoms. The fourth-order valence-electron chi connectivity index (χ4n) is 2.67. The molecular formula is C21H27N3O5S. The van der Waals surface area contributed by atoms with Crippen molar-refractivity contribution in [3.63, 3.8) is 0 Å². The van der Waals surface area contributed by atoms with E-state index in [1.165, 1.54) is 6.07 Å². The summed E-state index contributed by atoms with van der Waals surface area (Å²) in [5, 5.41) is 0. The molecule has 0 aliphatic heterocycles. The lowest BCUT2D eigenvalue weighted by Gasteiger charge is -2.12. The first-order valence-corrected chi connectivity index (χ1v) is 10.9. The maximum absolute atomic E-state index is 12.3. The second kappa shape index (κ2) is 10.2. The van der Waals surface area contributed by atoms with Crippen LogP contribution in [0.1, 0.15) is 28.7 Å². The van der Waals surface area contributed by atoms with Gasteiger partial charge < -0.3 is 4.74 Å². The molecule has 0 atom stereocenters. The number of sulfonamides is 1. The van der Waals surface area contributed by atoms with Crippen molar-refractivity contribution in [3.8, 4) is 5.75 Å². The van der Waals surface area contributed by atoms with Gasteiger partial charge in [-0.1, -0.05) is 24.3 Å². The highest BCUT2D eigenvalue weighted by Crippen LogP contribution is 2.22. The molecule has 0 bridgehead atoms. The van der Waals surface area contributed by atoms with Crippen LogP contribution in [-0.4, -0.2) is 33.4 Å². The number of amides is 2. The van der Waals surface area contributed by atoms with Crippen molar-refractivity contribution in [2.75, 3.05) is 13.2 Å². The number of para-hydroxylation sites is 1. The lowest BCUT2D eigenvalue weighted by atomic mass is 10.1. The summed E-state index contributed by atoms with van der Waals surface area (Å²) < 4.78 is 32.5. The van der Waals surface area contributed by atoms with Crippen molar-refractivity contribution in [1.29, 1.82) is 0 Å². The molecule has 0 saturated carbocycles. The molecule has 8 nitrogen and oxygen atoms in total. The average molecular weight is 434 g/mol. The van der Waals surface area contributed by atoms with Crippen molar-refractivity contribution in [2.45, 2.75) is 39.0 Å². The number of aryl methyl sites for hydroxylation is 4. The summed E-state index contributed by atoms with van der Waals surface area (Å²) in [6, 6.07) is 10.5. The van der Waals surface area contributed by atoms with Gasteiger partial charge >= 0.3 is 0 Å². The Bertz CT molecular complexity index is 1010. The summed E-state index contributed by atoms with van der Waals surface area (Å²) in [6.07, 6.45) is -0.137. The smallest absolute Gasteiger partial charge is 0.276 e. The van der Waals surface area contributed by atoms with Crippen LogP contribution in [0.25, 0.3) is 0 Å². The number of hydrogen-bond acceptors (Lipinski definition) is 5. The van der Waals surface area contributed by atoms with Crippen molar-refractivity contribution in [1.82, 2.24) is 15.6 Å². The SMILES string of the molecule is Cc1ccc(S(=O)(=O)NCCC(=O)NNC(=O)COc2c(C)cccc2C)cc1C. The third-order valence-corrected chi connectivity index (χ3v) is 5.99. The fraction of sp³-hybridized carbons (Fsp3) is 0.333. The van der Waals surface area contributed by atoms with Crippen LogP contribution in [0.5, 0.6) is 5.75 Å². The Morgan fingerprint density at radius 1 is 0.867 bits per heavy atom. The number of nitrogens with one attached hydrogen (secondary N) is 3. The largest absolute Gasteiger partial charge is 0.483 e. The number of rotatable bonds is 8. The van der Waals surface area contributed by atoms with Gasteiger partial charge in [-0.3, -0.25) is 20.4 Å². The predicted molar refractivity (Wildman–Crippen MR) is 113 cm³/mol. The molecule has 0 heterocycles. The third-order valence-electron chi connectivity index (χ3n) is 4.53. The van der Waals surface area contributed by atoms with Gasteiger partial charge in [-0.15, -0.1) is 0 Å². The average Bonchev–Trinajstić information content (AvgIpc) is 2.68. The molecule has 3 N–H and O–H groups in total. The van der Waals surface area contributed by atoms with E-state index in [0.717, 1.165) is 22.3 Å². The summed E-state index contributed by atoms with van der Waals surface area (Å²) in [6.45, 7) is 7.11. The minimum atomic E-state index is -3.71. The van der Waals surface area contributed by atoms with Crippen molar-refractivity contribution in [2.24, 2.45) is 0 Å². The molecule has 0 saturated heterocycles. The monoisotopic (exact) mass is 433 g/mol. The maximum Gasteiger partial charge on any atom is 0.276 e. The Morgan fingerprint density at radius 2 is 1.50 bits per heavy atom. The van der Waals surface area contributed by atoms with E-state index < -0.39 is 21.8 Å². The number of carbonyl (C=O) groups excluding carboxylic acids is 2. The van der Waals surface area contributed by atoms with Gasteiger partial charge in [0.25, 0.3) is 5.91 Å². The van der Waals surface area contributed by atoms with E-state index in [2.05, 4.69) is 15.6 Å². The Morgan fingerprint density at radius 3 is 2.13 bits per heavy atom. The molecule has 2 aromatic carbocycles. The van der Waals surface area contributed by atoms with E-state index in [9.17, 15) is 18.0 Å². The highest BCUT2D eigenvalue weighted by Gasteiger charge is 2.15. The van der Waals surface area contributed by atoms with E-state index in [1.54, 1.807) is 12.1 Å². The van der Waals surface area contributed by atoms with Crippen LogP contribution in [0.2, 0.25) is 0 Å². The zero-order valence-electron chi connectivity index (χ0n) is 17.5. The van der Waals surface area contributed by atoms with Gasteiger partial charge in [0.15, 0.2) is 6.61 Å². The minimum absolute atomic E-state index is 0.101. The number of ether oxygens (including phenoxy) is 1. The molecule has 0 unspecified atom stereocenters. The van der Waals surface area contributed by atoms with Gasteiger partial charge in [-0.25, -0.2) is 13.1 Å². The Balaban J connectivity index is 1.74. The van der Waals surface area contributed by atoms with Crippen LogP contribution in [0, 0.1) is 27.7 Å². The molecule has 0 aromatic heterocycles. The predicted octanol–water partition coefficient (Wildman–Crippen LogP) is 1.82. The molecule has 9 heteroatoms. The van der Waals surface area contributed by atoms with Crippen molar-refractivity contribution >= 4 is 21.8 Å². The molecular weight excluding hydrogens is 406 g/mol. The Hall–Kier alpha value is -2.91. The highest BCUT2D eigenvalue weighted by atomic mass is 32.2. The van der Waals surface area contributed by atoms with E-state index >= 15 is 0 Å². The van der Waals surface area contributed by atoms with E-state index in [-0.39, 0.29) is 24.5 Å². The Labute approximate surface area is 177 Å². The second-order valence-corrected chi connectivity index (χ2v) is 8.77. The third kappa shape index (κ3) is 6.57. The number of hydrazine groups is 1. The van der Waals surface area contributed by atoms with E-state index in [4.69, 9.17) is 4.74 Å². The molecule has 0 spiro atoms. The summed E-state index contributed by atoms with van der Waals surface area (Å²) in [5.41, 5.74) is 8.15. The quantitative estimate of drug-likeness (QED) is 0.550. The molecule has 0 aliphatic carbocycles. The molecule has 0 radical (unpaired) electrons. The van der Waals surface area contributed by atoms with Crippen LogP contribution >= 0.6 is 0 Å². The fourth-order valence-corrected chi connectivity index (χ4v) is 3.78. The van der Waals surface area contributed by atoms with Crippen LogP contribution in [0.4, 0.5) is 0 Å². The lowest BCUT2D eigenvalue weighted by Crippen LogP contribution is -2.44. The normalized spacial score (nSPS) is 11.1. The summed E-state index contributed by atoms with van der Waals surface area (Å²) in [5.74, 6) is -0.431. The molecule has 2 aromatic rings. The lowest BCUT2D eigenvalue weighted by molar-refractivity contribution is -0.129. The summed E-state index contributed by atoms with van der Waals surface area (Å²) >= 11 is 0. The van der Waals surface area contributed by atoms with Crippen LogP contribution < -0.4 is 20.3 Å². The van der Waals surface area contributed by atoms with Crippen molar-refractivity contribution in [3.05, 3.63) is 58.7 Å². The van der Waals surface area contributed by atoms with Crippen LogP contribution in [0.15, 0.2) is 41.3 Å². The minimum Gasteiger partial charge on any atom is -0.483 e. The van der Waals surface area contributed by atoms with Crippen LogP contribution in [-0.2, 0) is 19.6 Å². The summed E-state index contributed by atoms with van der Waals surface area (Å²) in [4.78, 5) is 23.8. The van der Waals surface area contributed by atoms with Crippen molar-refractivity contribution < 1.29 is 22.7 Å². The molecule has 0 aliphatic rings. The van der Waals surface area contributed by atoms with Gasteiger partial charge in [-0.2, -0.15) is 0 Å². The summed E-state index contributed by atoms with van der Waals surface area (Å²) in [7, 11) is -3.71. The number of benzene rings is 2. The molecule has 2 amide bonds. The zero-order chi connectivity index (χ0) is 22.3. The van der Waals surface area contributed by atoms with Gasteiger partial charge in [-0.05, 0) is 62.1 Å². The van der Waals surface area contributed by atoms with Gasteiger partial charge in [0, 0.05) is 13.0 Å². The van der Waals surface area contributed by atoms with Gasteiger partial charge in [0.2, 0.25) is 15.9 Å². The van der Waals surface area contributed by atoms with Gasteiger partial charge in [0.05, 0.1) is 4.90 Å². The van der Waals surface area contributed by atoms with Gasteiger partial charge in [0.1, 0.15) is 5.75 Å². The number of carbonyl (C=O) groups is 2. The number of hydrogen-bond donors (Lipinski definition) is 3. The zero-order valence-corrected chi connectivity index (χ0v) is 18.4. The highest BCUT2D eigenvalue weighted by molar-refractivity contribution is 7.89. The van der Waals surface area contributed by atoms with E-state index in [1.807, 2.05) is 45.9 Å². The standard InChI is InChI=1S/C21H27N3O5S/c1-14-8-9-18(12-17(14)4)30(27,28)22-11-10-19(25)23-24-20(26)13-29-21-15(2)6-5-7-16(21)3/h5-9,12,22H,10-11,13H2,1-4H3,(H,23,25)(H,24,26). The molecule has 162 valence electrons. The molecule has 2 rings (SSSR count). The topological polar surface area (TPSA) is 114 Å². The van der Waals surface area contributed by atoms with E-state index in [0.29, 0.717) is 5.75 Å². The van der Waals surface area contributed by atoms with Crippen LogP contribution in [0.3, 0.4) is 0 Å². The first-order chi connectivity index (χ1) is 14.1. The second-order valence-electron chi connectivity index (χ2n) is 7.00. The first kappa shape index (κ1) is 23.4. The maximum atomic E-state index is 12.3.